The van der Waals surface area contributed by atoms with E-state index in [1.807, 2.05) is 36.4 Å². The van der Waals surface area contributed by atoms with Crippen molar-refractivity contribution in [2.24, 2.45) is 0 Å². The van der Waals surface area contributed by atoms with E-state index in [0.717, 1.165) is 23.8 Å². The van der Waals surface area contributed by atoms with E-state index in [1.54, 1.807) is 6.07 Å². The number of aromatic hydroxyl groups is 1. The van der Waals surface area contributed by atoms with Crippen molar-refractivity contribution in [3.05, 3.63) is 83.4 Å². The number of ether oxygens (including phenoxy) is 5. The molecule has 0 bridgehead atoms. The molecule has 4 N–H and O–H groups in total. The number of phenols is 1. The van der Waals surface area contributed by atoms with Gasteiger partial charge in [0.1, 0.15) is 19.0 Å². The number of anilines is 1. The normalized spacial score (nSPS) is 16.6. The van der Waals surface area contributed by atoms with Gasteiger partial charge in [-0.3, -0.25) is 4.72 Å². The van der Waals surface area contributed by atoms with Crippen molar-refractivity contribution in [2.75, 3.05) is 70.4 Å². The molecule has 1 unspecified atom stereocenters. The zero-order valence-corrected chi connectivity index (χ0v) is 26.5. The van der Waals surface area contributed by atoms with Crippen LogP contribution in [0.5, 0.6) is 17.2 Å². The first-order valence-corrected chi connectivity index (χ1v) is 17.0. The third-order valence-corrected chi connectivity index (χ3v) is 7.59. The molecule has 12 heteroatoms. The fourth-order valence-corrected chi connectivity index (χ4v) is 5.48. The molecule has 1 aliphatic rings. The minimum Gasteiger partial charge on any atom is -0.506 e. The van der Waals surface area contributed by atoms with E-state index in [4.69, 9.17) is 23.7 Å². The van der Waals surface area contributed by atoms with E-state index in [9.17, 15) is 18.6 Å². The number of hydrogen-bond donors (Lipinski definition) is 4. The number of sulfonamides is 1. The van der Waals surface area contributed by atoms with Crippen molar-refractivity contribution >= 4 is 15.7 Å². The summed E-state index contributed by atoms with van der Waals surface area (Å²) in [6.45, 7) is 3.90. The average Bonchev–Trinajstić information content (AvgIpc) is 3.01. The minimum absolute atomic E-state index is 0.0118. The van der Waals surface area contributed by atoms with Crippen LogP contribution in [0.3, 0.4) is 0 Å². The third kappa shape index (κ3) is 12.9. The van der Waals surface area contributed by atoms with Gasteiger partial charge in [0.15, 0.2) is 11.5 Å². The first kappa shape index (κ1) is 34.5. The summed E-state index contributed by atoms with van der Waals surface area (Å²) in [5.41, 5.74) is 2.97. The van der Waals surface area contributed by atoms with E-state index >= 15 is 0 Å². The Hall–Kier alpha value is -3.39. The summed E-state index contributed by atoms with van der Waals surface area (Å²) in [6, 6.07) is 20.7. The Morgan fingerprint density at radius 3 is 1.96 bits per heavy atom. The summed E-state index contributed by atoms with van der Waals surface area (Å²) in [4.78, 5) is 0. The van der Waals surface area contributed by atoms with Gasteiger partial charge in [0.2, 0.25) is 10.0 Å². The smallest absolute Gasteiger partial charge is 0.229 e. The van der Waals surface area contributed by atoms with Crippen molar-refractivity contribution in [3.8, 4) is 17.2 Å². The zero-order valence-electron chi connectivity index (χ0n) is 25.7. The third-order valence-electron chi connectivity index (χ3n) is 7.00. The van der Waals surface area contributed by atoms with Crippen molar-refractivity contribution < 1.29 is 42.3 Å². The standard InChI is InChI=1S/C33H44N2O9S/c1-45(38,39)35-30-22-27(7-9-31(30)37)21-29(36)24-34-28(19-25-5-3-2-4-6-25)20-26-8-10-32-33(23-26)44-18-16-42-14-12-40-11-13-41-15-17-43-32/h2-10,22-23,28-29,34-37H,11-21,24H2,1H3/t28?,29-/m0/s1. The van der Waals surface area contributed by atoms with Crippen LogP contribution >= 0.6 is 0 Å². The number of benzene rings is 3. The van der Waals surface area contributed by atoms with Gasteiger partial charge >= 0.3 is 0 Å². The summed E-state index contributed by atoms with van der Waals surface area (Å²) in [5.74, 6) is 1.08. The SMILES string of the molecule is CS(=O)(=O)Nc1cc(C[C@H](O)CNC(Cc2ccccc2)Cc2ccc3c(c2)OCCOCCOCCOCCO3)ccc1O. The predicted octanol–water partition coefficient (Wildman–Crippen LogP) is 2.93. The minimum atomic E-state index is -3.56. The van der Waals surface area contributed by atoms with Gasteiger partial charge in [-0.25, -0.2) is 8.42 Å². The highest BCUT2D eigenvalue weighted by Crippen LogP contribution is 2.30. The van der Waals surface area contributed by atoms with E-state index in [0.29, 0.717) is 82.9 Å². The molecular formula is C33H44N2O9S. The quantitative estimate of drug-likeness (QED) is 0.230. The second-order valence-corrected chi connectivity index (χ2v) is 12.6. The molecule has 0 aromatic heterocycles. The van der Waals surface area contributed by atoms with Crippen molar-refractivity contribution in [1.29, 1.82) is 0 Å². The average molecular weight is 645 g/mol. The van der Waals surface area contributed by atoms with Crippen LogP contribution in [-0.2, 0) is 43.5 Å². The molecule has 3 aromatic carbocycles. The van der Waals surface area contributed by atoms with Gasteiger partial charge in [-0.05, 0) is 60.2 Å². The second-order valence-electron chi connectivity index (χ2n) is 10.9. The van der Waals surface area contributed by atoms with E-state index in [-0.39, 0.29) is 23.9 Å². The maximum absolute atomic E-state index is 11.7. The van der Waals surface area contributed by atoms with Crippen LogP contribution in [0, 0.1) is 0 Å². The summed E-state index contributed by atoms with van der Waals surface area (Å²) >= 11 is 0. The molecular weight excluding hydrogens is 600 g/mol. The summed E-state index contributed by atoms with van der Waals surface area (Å²) in [5, 5.41) is 24.5. The lowest BCUT2D eigenvalue weighted by Gasteiger charge is -2.22. The first-order chi connectivity index (χ1) is 21.7. The molecule has 0 saturated heterocycles. The summed E-state index contributed by atoms with van der Waals surface area (Å²) in [7, 11) is -3.56. The highest BCUT2D eigenvalue weighted by atomic mass is 32.2. The maximum atomic E-state index is 11.7. The van der Waals surface area contributed by atoms with Gasteiger partial charge in [0.25, 0.3) is 0 Å². The molecule has 3 aromatic rings. The second kappa shape index (κ2) is 17.9. The van der Waals surface area contributed by atoms with Gasteiger partial charge in [0.05, 0.1) is 57.7 Å². The lowest BCUT2D eigenvalue weighted by atomic mass is 9.98. The lowest BCUT2D eigenvalue weighted by Crippen LogP contribution is -2.39. The topological polar surface area (TPSA) is 145 Å². The van der Waals surface area contributed by atoms with Crippen LogP contribution in [0.15, 0.2) is 66.7 Å². The largest absolute Gasteiger partial charge is 0.506 e. The predicted molar refractivity (Wildman–Crippen MR) is 172 cm³/mol. The van der Waals surface area contributed by atoms with Gasteiger partial charge in [-0.1, -0.05) is 42.5 Å². The van der Waals surface area contributed by atoms with Gasteiger partial charge in [0, 0.05) is 12.6 Å². The van der Waals surface area contributed by atoms with Crippen LogP contribution in [0.2, 0.25) is 0 Å². The molecule has 1 aliphatic heterocycles. The maximum Gasteiger partial charge on any atom is 0.229 e. The Labute approximate surface area is 265 Å². The molecule has 0 amide bonds. The lowest BCUT2D eigenvalue weighted by molar-refractivity contribution is 0.00708. The molecule has 11 nitrogen and oxygen atoms in total. The van der Waals surface area contributed by atoms with Gasteiger partial charge < -0.3 is 39.2 Å². The van der Waals surface area contributed by atoms with Crippen molar-refractivity contribution in [3.63, 3.8) is 0 Å². The van der Waals surface area contributed by atoms with Crippen molar-refractivity contribution in [2.45, 2.75) is 31.4 Å². The Balaban J connectivity index is 1.43. The highest BCUT2D eigenvalue weighted by molar-refractivity contribution is 7.92. The van der Waals surface area contributed by atoms with Crippen LogP contribution in [0.4, 0.5) is 5.69 Å². The Bertz CT molecular complexity index is 1420. The Morgan fingerprint density at radius 1 is 0.711 bits per heavy atom. The van der Waals surface area contributed by atoms with Crippen LogP contribution in [-0.4, -0.2) is 96.4 Å². The highest BCUT2D eigenvalue weighted by Gasteiger charge is 2.17. The number of rotatable bonds is 11. The number of phenolic OH excluding ortho intramolecular Hbond substituents is 1. The van der Waals surface area contributed by atoms with Gasteiger partial charge in [-0.15, -0.1) is 0 Å². The monoisotopic (exact) mass is 644 g/mol. The molecule has 246 valence electrons. The van der Waals surface area contributed by atoms with E-state index in [1.165, 1.54) is 12.1 Å². The zero-order chi connectivity index (χ0) is 31.9. The summed E-state index contributed by atoms with van der Waals surface area (Å²) < 4.78 is 54.3. The molecule has 1 heterocycles. The Morgan fingerprint density at radius 2 is 1.29 bits per heavy atom. The fourth-order valence-electron chi connectivity index (χ4n) is 4.91. The molecule has 0 spiro atoms. The summed E-state index contributed by atoms with van der Waals surface area (Å²) in [6.07, 6.45) is 1.93. The molecule has 45 heavy (non-hydrogen) atoms. The number of hydrogen-bond acceptors (Lipinski definition) is 10. The van der Waals surface area contributed by atoms with Gasteiger partial charge in [-0.2, -0.15) is 0 Å². The first-order valence-electron chi connectivity index (χ1n) is 15.1. The molecule has 0 saturated carbocycles. The van der Waals surface area contributed by atoms with E-state index in [2.05, 4.69) is 22.2 Å². The van der Waals surface area contributed by atoms with Crippen molar-refractivity contribution in [1.82, 2.24) is 5.32 Å². The number of nitrogens with one attached hydrogen (secondary N) is 2. The fraction of sp³-hybridized carbons (Fsp3) is 0.455. The number of fused-ring (bicyclic) bond motifs is 1. The molecule has 2 atom stereocenters. The number of aliphatic hydroxyl groups is 1. The molecule has 0 aliphatic carbocycles. The number of aliphatic hydroxyl groups excluding tert-OH is 1. The molecule has 0 fully saturated rings. The van der Waals surface area contributed by atoms with Crippen LogP contribution < -0.4 is 19.5 Å². The van der Waals surface area contributed by atoms with E-state index < -0.39 is 16.1 Å². The molecule has 4 rings (SSSR count). The Kier molecular flexibility index (Phi) is 13.7. The molecule has 0 radical (unpaired) electrons. The van der Waals surface area contributed by atoms with Crippen LogP contribution in [0.1, 0.15) is 16.7 Å². The van der Waals surface area contributed by atoms with Crippen LogP contribution in [0.25, 0.3) is 0 Å².